The standard InChI is InChI=1S/C39H52N4O14/c1-20(2)11-12-21(3)43-25-17-27(26(15-23(25)36(49)50)55-19-42-39(40)41-4)56-38-34(48)33(47)31(45)29(57-38)18-54-37(51)24-16-28(52-5)32(46)35(30(24)44)53-14-13-22-9-7-6-8-10-22/h6-10,15-17,20-21,29,31,33-34,38,43-48H,11-14,18-19H2,1-5H3,(H,49,50)(H3,40,41,42)/t21-,29-,31-,33+,34-,38+/m1/s1. The second kappa shape index (κ2) is 20.5. The van der Waals surface area contributed by atoms with Crippen LogP contribution in [0.3, 0.4) is 0 Å². The first-order chi connectivity index (χ1) is 27.1. The lowest BCUT2D eigenvalue weighted by Crippen LogP contribution is -2.60. The maximum Gasteiger partial charge on any atom is 0.342 e. The van der Waals surface area contributed by atoms with Gasteiger partial charge < -0.3 is 75.4 Å². The number of phenolic OH excluding ortho intramolecular Hbond substituents is 2. The number of hydrogen-bond donors (Lipinski definition) is 9. The molecule has 0 amide bonds. The second-order valence-corrected chi connectivity index (χ2v) is 13.7. The van der Waals surface area contributed by atoms with Crippen LogP contribution in [0.2, 0.25) is 0 Å². The Labute approximate surface area is 329 Å². The highest BCUT2D eigenvalue weighted by Gasteiger charge is 2.46. The molecule has 0 aliphatic carbocycles. The summed E-state index contributed by atoms with van der Waals surface area (Å²) in [7, 11) is 2.68. The van der Waals surface area contributed by atoms with Gasteiger partial charge in [0.25, 0.3) is 0 Å². The van der Waals surface area contributed by atoms with E-state index in [0.717, 1.165) is 24.5 Å². The topological polar surface area (TPSA) is 273 Å². The zero-order chi connectivity index (χ0) is 41.8. The summed E-state index contributed by atoms with van der Waals surface area (Å²) in [5.41, 5.74) is 6.17. The number of aliphatic hydroxyl groups excluding tert-OH is 3. The number of nitrogens with zero attached hydrogens (tertiary/aromatic N) is 1. The first kappa shape index (κ1) is 44.0. The minimum Gasteiger partial charge on any atom is -0.504 e. The van der Waals surface area contributed by atoms with Crippen LogP contribution in [0.25, 0.3) is 0 Å². The quantitative estimate of drug-likeness (QED) is 0.0365. The fourth-order valence-corrected chi connectivity index (χ4v) is 5.74. The number of rotatable bonds is 19. The lowest BCUT2D eigenvalue weighted by atomic mass is 9.99. The molecule has 3 aromatic carbocycles. The van der Waals surface area contributed by atoms with Crippen molar-refractivity contribution in [3.63, 3.8) is 0 Å². The van der Waals surface area contributed by atoms with Crippen molar-refractivity contribution in [2.24, 2.45) is 16.6 Å². The van der Waals surface area contributed by atoms with Crippen LogP contribution in [0.1, 0.15) is 59.9 Å². The van der Waals surface area contributed by atoms with E-state index in [9.17, 15) is 40.2 Å². The molecule has 1 aliphatic rings. The number of esters is 1. The fraction of sp³-hybridized carbons (Fsp3) is 0.462. The summed E-state index contributed by atoms with van der Waals surface area (Å²) < 4.78 is 33.7. The Hall–Kier alpha value is -5.69. The van der Waals surface area contributed by atoms with Gasteiger partial charge in [-0.05, 0) is 31.2 Å². The van der Waals surface area contributed by atoms with Crippen LogP contribution in [0.4, 0.5) is 5.69 Å². The SMILES string of the molecule is CN=C(N)NCOc1cc(C(=O)O)c(N[C@H](C)CCC(C)C)cc1O[C@H]1O[C@H](COC(=O)c2cc(OC)c(O)c(OCCc3ccccc3)c2O)[C@@H](O)[C@H](O)[C@H]1O. The number of carboxylic acids is 1. The van der Waals surface area contributed by atoms with Crippen LogP contribution in [-0.2, 0) is 15.9 Å². The number of nitrogens with two attached hydrogens (primary N) is 1. The number of anilines is 1. The third-order valence-electron chi connectivity index (χ3n) is 9.02. The van der Waals surface area contributed by atoms with Crippen molar-refractivity contribution in [3.05, 3.63) is 65.2 Å². The smallest absolute Gasteiger partial charge is 0.342 e. The molecule has 0 saturated carbocycles. The Bertz CT molecular complexity index is 1840. The number of benzene rings is 3. The lowest BCUT2D eigenvalue weighted by molar-refractivity contribution is -0.277. The molecule has 1 heterocycles. The number of aromatic hydroxyl groups is 2. The Morgan fingerprint density at radius 1 is 0.912 bits per heavy atom. The monoisotopic (exact) mass is 800 g/mol. The Morgan fingerprint density at radius 3 is 2.26 bits per heavy atom. The normalized spacial score (nSPS) is 20.0. The Balaban J connectivity index is 1.56. The van der Waals surface area contributed by atoms with Gasteiger partial charge in [0.15, 0.2) is 35.7 Å². The Morgan fingerprint density at radius 2 is 1.61 bits per heavy atom. The van der Waals surface area contributed by atoms with E-state index in [1.807, 2.05) is 37.3 Å². The average molecular weight is 801 g/mol. The van der Waals surface area contributed by atoms with Gasteiger partial charge in [0, 0.05) is 37.7 Å². The van der Waals surface area contributed by atoms with Gasteiger partial charge in [-0.25, -0.2) is 9.59 Å². The average Bonchev–Trinajstić information content (AvgIpc) is 3.18. The number of guanidine groups is 1. The zero-order valence-electron chi connectivity index (χ0n) is 32.4. The van der Waals surface area contributed by atoms with Crippen LogP contribution >= 0.6 is 0 Å². The van der Waals surface area contributed by atoms with Gasteiger partial charge in [0.2, 0.25) is 17.8 Å². The lowest BCUT2D eigenvalue weighted by Gasteiger charge is -2.40. The molecule has 0 radical (unpaired) electrons. The van der Waals surface area contributed by atoms with Crippen molar-refractivity contribution >= 4 is 23.6 Å². The number of methoxy groups -OCH3 is 1. The van der Waals surface area contributed by atoms with E-state index in [-0.39, 0.29) is 53.8 Å². The number of carboxylic acid groups (broad SMARTS) is 1. The molecule has 0 unspecified atom stereocenters. The van der Waals surface area contributed by atoms with Crippen LogP contribution in [-0.4, -0.2) is 119 Å². The molecule has 18 nitrogen and oxygen atoms in total. The van der Waals surface area contributed by atoms with Gasteiger partial charge in [0.1, 0.15) is 36.6 Å². The highest BCUT2D eigenvalue weighted by atomic mass is 16.7. The molecule has 0 bridgehead atoms. The van der Waals surface area contributed by atoms with Crippen molar-refractivity contribution in [1.29, 1.82) is 0 Å². The summed E-state index contributed by atoms with van der Waals surface area (Å²) in [5, 5.41) is 70.1. The van der Waals surface area contributed by atoms with Crippen molar-refractivity contribution in [2.75, 3.05) is 39.4 Å². The van der Waals surface area contributed by atoms with Crippen molar-refractivity contribution in [3.8, 4) is 34.5 Å². The fourth-order valence-electron chi connectivity index (χ4n) is 5.74. The zero-order valence-corrected chi connectivity index (χ0v) is 32.4. The minimum absolute atomic E-state index is 0.0224. The summed E-state index contributed by atoms with van der Waals surface area (Å²) >= 11 is 0. The van der Waals surface area contributed by atoms with Crippen molar-refractivity contribution in [2.45, 2.75) is 76.8 Å². The number of ether oxygens (including phenoxy) is 6. The van der Waals surface area contributed by atoms with Crippen molar-refractivity contribution < 1.29 is 68.6 Å². The van der Waals surface area contributed by atoms with Gasteiger partial charge in [0.05, 0.1) is 25.0 Å². The molecule has 0 aromatic heterocycles. The molecule has 1 saturated heterocycles. The Kier molecular flexibility index (Phi) is 15.8. The molecule has 3 aromatic rings. The first-order valence-corrected chi connectivity index (χ1v) is 18.2. The number of carbonyl (C=O) groups is 2. The van der Waals surface area contributed by atoms with Crippen LogP contribution in [0.5, 0.6) is 34.5 Å². The predicted octanol–water partition coefficient (Wildman–Crippen LogP) is 2.58. The molecule has 312 valence electrons. The van der Waals surface area contributed by atoms with E-state index in [0.29, 0.717) is 12.3 Å². The number of phenols is 2. The molecule has 0 spiro atoms. The second-order valence-electron chi connectivity index (χ2n) is 13.7. The van der Waals surface area contributed by atoms with E-state index >= 15 is 0 Å². The summed E-state index contributed by atoms with van der Waals surface area (Å²) in [6.07, 6.45) is -6.76. The molecular formula is C39H52N4O14. The number of aromatic carboxylic acids is 1. The molecule has 4 rings (SSSR count). The van der Waals surface area contributed by atoms with Crippen LogP contribution in [0.15, 0.2) is 53.5 Å². The summed E-state index contributed by atoms with van der Waals surface area (Å²) in [6.45, 7) is 5.05. The van der Waals surface area contributed by atoms with Crippen LogP contribution < -0.4 is 35.3 Å². The maximum absolute atomic E-state index is 13.3. The molecule has 1 fully saturated rings. The van der Waals surface area contributed by atoms with Gasteiger partial charge >= 0.3 is 11.9 Å². The third-order valence-corrected chi connectivity index (χ3v) is 9.02. The van der Waals surface area contributed by atoms with Gasteiger partial charge in [-0.3, -0.25) is 4.99 Å². The molecule has 10 N–H and O–H groups in total. The van der Waals surface area contributed by atoms with Gasteiger partial charge in [-0.2, -0.15) is 0 Å². The maximum atomic E-state index is 13.3. The highest BCUT2D eigenvalue weighted by molar-refractivity contribution is 5.96. The molecular weight excluding hydrogens is 748 g/mol. The number of hydrogen-bond acceptors (Lipinski definition) is 15. The van der Waals surface area contributed by atoms with E-state index in [1.165, 1.54) is 26.3 Å². The summed E-state index contributed by atoms with van der Waals surface area (Å²) in [5.74, 6) is -4.15. The largest absolute Gasteiger partial charge is 0.504 e. The highest BCUT2D eigenvalue weighted by Crippen LogP contribution is 2.46. The predicted molar refractivity (Wildman–Crippen MR) is 206 cm³/mol. The van der Waals surface area contributed by atoms with Gasteiger partial charge in [-0.15, -0.1) is 0 Å². The van der Waals surface area contributed by atoms with Crippen molar-refractivity contribution in [1.82, 2.24) is 5.32 Å². The minimum atomic E-state index is -1.88. The van der Waals surface area contributed by atoms with E-state index in [2.05, 4.69) is 29.5 Å². The molecule has 1 aliphatic heterocycles. The van der Waals surface area contributed by atoms with Gasteiger partial charge in [-0.1, -0.05) is 44.2 Å². The van der Waals surface area contributed by atoms with E-state index in [4.69, 9.17) is 34.2 Å². The van der Waals surface area contributed by atoms with Crippen LogP contribution in [0, 0.1) is 5.92 Å². The molecule has 57 heavy (non-hydrogen) atoms. The summed E-state index contributed by atoms with van der Waals surface area (Å²) in [4.78, 5) is 29.4. The summed E-state index contributed by atoms with van der Waals surface area (Å²) in [6, 6.07) is 12.7. The van der Waals surface area contributed by atoms with E-state index in [1.54, 1.807) is 0 Å². The number of carbonyl (C=O) groups excluding carboxylic acids is 1. The number of aliphatic hydroxyl groups is 3. The van der Waals surface area contributed by atoms with E-state index < -0.39 is 72.1 Å². The first-order valence-electron chi connectivity index (χ1n) is 18.2. The molecule has 6 atom stereocenters. The molecule has 18 heteroatoms. The number of nitrogens with one attached hydrogen (secondary N) is 2. The third kappa shape index (κ3) is 11.7. The number of aliphatic imine (C=N–C) groups is 1.